The number of phenolic OH excluding ortho intramolecular Hbond substituents is 1. The molecule has 0 unspecified atom stereocenters. The third-order valence-electron chi connectivity index (χ3n) is 7.62. The van der Waals surface area contributed by atoms with Gasteiger partial charge >= 0.3 is 118 Å². The molecular weight excluding hydrogens is 1000 g/mol. The average Bonchev–Trinajstić information content (AvgIpc) is 3.16. The molecule has 1 heterocycles. The molecule has 23 nitrogen and oxygen atoms in total. The molecule has 0 radical (unpaired) electrons. The van der Waals surface area contributed by atoms with Crippen LogP contribution in [0.15, 0.2) is 91.6 Å². The molecule has 4 aromatic carbocycles. The number of anilines is 4. The maximum absolute atomic E-state index is 12.8. The molecular formula is C30H24ClN7Na4O16S5. The maximum Gasteiger partial charge on any atom is 1.00 e. The first-order valence-electron chi connectivity index (χ1n) is 15.8. The minimum atomic E-state index is -5.29. The van der Waals surface area contributed by atoms with Crippen LogP contribution in [0.3, 0.4) is 0 Å². The van der Waals surface area contributed by atoms with Gasteiger partial charge in [0.15, 0.2) is 27.9 Å². The van der Waals surface area contributed by atoms with Gasteiger partial charge in [0.05, 0.1) is 44.8 Å². The van der Waals surface area contributed by atoms with Crippen LogP contribution in [0.1, 0.15) is 5.56 Å². The Balaban J connectivity index is 0.00000496. The number of azo groups is 1. The van der Waals surface area contributed by atoms with Gasteiger partial charge < -0.3 is 34.9 Å². The fourth-order valence-electron chi connectivity index (χ4n) is 5.10. The maximum atomic E-state index is 12.8. The SMILES string of the molecule is Cc1cc(S(=O)(=O)[O-])c(N=Nc2c(SOO[O-])cc3cc(Nc4nc(Cl)nc(N(CCS(=O)(=O)CCOSOO[O-])c5ccccc5)n4)ccc3c2O)cc1S(=O)(=O)[O-].[Na+].[Na+].[Na+].[Na+]. The number of rotatable bonds is 20. The Morgan fingerprint density at radius 1 is 0.825 bits per heavy atom. The van der Waals surface area contributed by atoms with Crippen LogP contribution >= 0.6 is 36.0 Å². The number of phenols is 1. The number of hydrogen-bond acceptors (Lipinski definition) is 25. The van der Waals surface area contributed by atoms with E-state index >= 15 is 0 Å². The molecule has 5 rings (SSSR count). The summed E-state index contributed by atoms with van der Waals surface area (Å²) in [5.41, 5.74) is -0.879. The van der Waals surface area contributed by atoms with Gasteiger partial charge in [-0.25, -0.2) is 25.3 Å². The number of nitrogens with zero attached hydrogens (tertiary/aromatic N) is 6. The molecule has 0 aliphatic rings. The molecule has 1 aromatic heterocycles. The predicted molar refractivity (Wildman–Crippen MR) is 201 cm³/mol. The molecule has 33 heteroatoms. The van der Waals surface area contributed by atoms with E-state index in [0.717, 1.165) is 6.92 Å². The number of fused-ring (bicyclic) bond motifs is 1. The second-order valence-electron chi connectivity index (χ2n) is 11.4. The normalized spacial score (nSPS) is 11.6. The zero-order valence-electron chi connectivity index (χ0n) is 33.4. The molecule has 63 heavy (non-hydrogen) atoms. The van der Waals surface area contributed by atoms with E-state index < -0.39 is 68.5 Å². The molecule has 0 bridgehead atoms. The molecule has 2 N–H and O–H groups in total. The number of benzene rings is 4. The zero-order chi connectivity index (χ0) is 43.0. The number of hydrogen-bond donors (Lipinski definition) is 2. The Labute approximate surface area is 461 Å². The summed E-state index contributed by atoms with van der Waals surface area (Å²) in [5, 5.41) is 48.8. The van der Waals surface area contributed by atoms with Gasteiger partial charge in [0, 0.05) is 23.3 Å². The zero-order valence-corrected chi connectivity index (χ0v) is 46.2. The minimum absolute atomic E-state index is 0. The number of para-hydroxylation sites is 1. The first-order valence-corrected chi connectivity index (χ1v) is 22.2. The van der Waals surface area contributed by atoms with Crippen molar-refractivity contribution >= 4 is 111 Å². The quantitative estimate of drug-likeness (QED) is 0.0139. The Morgan fingerprint density at radius 2 is 1.49 bits per heavy atom. The molecule has 0 saturated carbocycles. The van der Waals surface area contributed by atoms with E-state index in [-0.39, 0.29) is 200 Å². The van der Waals surface area contributed by atoms with E-state index in [2.05, 4.69) is 49.2 Å². The Morgan fingerprint density at radius 3 is 2.13 bits per heavy atom. The molecule has 5 aromatic rings. The van der Waals surface area contributed by atoms with Gasteiger partial charge in [0.25, 0.3) is 0 Å². The fourth-order valence-corrected chi connectivity index (χ4v) is 8.45. The number of aromatic hydroxyl groups is 1. The van der Waals surface area contributed by atoms with Crippen molar-refractivity contribution < 1.29 is 191 Å². The van der Waals surface area contributed by atoms with Crippen LogP contribution in [-0.4, -0.2) is 79.1 Å². The predicted octanol–water partition coefficient (Wildman–Crippen LogP) is -8.74. The topological polar surface area (TPSA) is 340 Å². The number of nitrogens with one attached hydrogen (secondary N) is 1. The molecule has 0 fully saturated rings. The molecule has 0 aliphatic heterocycles. The average molecular weight is 1030 g/mol. The van der Waals surface area contributed by atoms with Crippen LogP contribution < -0.4 is 139 Å². The summed E-state index contributed by atoms with van der Waals surface area (Å²) in [5.74, 6) is -1.61. The van der Waals surface area contributed by atoms with Crippen molar-refractivity contribution in [1.29, 1.82) is 0 Å². The van der Waals surface area contributed by atoms with Crippen LogP contribution in [0.4, 0.5) is 34.6 Å². The van der Waals surface area contributed by atoms with Gasteiger partial charge in [-0.1, -0.05) is 18.2 Å². The van der Waals surface area contributed by atoms with Crippen molar-refractivity contribution in [3.63, 3.8) is 0 Å². The Bertz CT molecular complexity index is 2710. The number of aromatic nitrogens is 3. The van der Waals surface area contributed by atoms with E-state index in [1.807, 2.05) is 0 Å². The van der Waals surface area contributed by atoms with E-state index in [4.69, 9.17) is 15.8 Å². The largest absolute Gasteiger partial charge is 1.00 e. The summed E-state index contributed by atoms with van der Waals surface area (Å²) in [4.78, 5) is 12.1. The van der Waals surface area contributed by atoms with Crippen molar-refractivity contribution in [2.24, 2.45) is 10.2 Å². The summed E-state index contributed by atoms with van der Waals surface area (Å²) < 4.78 is 110. The van der Waals surface area contributed by atoms with Gasteiger partial charge in [-0.2, -0.15) is 19.3 Å². The van der Waals surface area contributed by atoms with E-state index in [1.54, 1.807) is 30.3 Å². The number of halogens is 1. The van der Waals surface area contributed by atoms with E-state index in [9.17, 15) is 50.0 Å². The smallest absolute Gasteiger partial charge is 0.744 e. The Hall–Kier alpha value is -0.370. The van der Waals surface area contributed by atoms with E-state index in [1.165, 1.54) is 29.2 Å². The second kappa shape index (κ2) is 27.6. The van der Waals surface area contributed by atoms with Crippen LogP contribution in [0.2, 0.25) is 5.28 Å². The van der Waals surface area contributed by atoms with Crippen molar-refractivity contribution in [2.45, 2.75) is 21.6 Å². The summed E-state index contributed by atoms with van der Waals surface area (Å²) in [6, 6.07) is 15.3. The first-order chi connectivity index (χ1) is 27.9. The molecule has 0 atom stereocenters. The van der Waals surface area contributed by atoms with Crippen LogP contribution in [0, 0.1) is 6.92 Å². The first kappa shape index (κ1) is 60.6. The van der Waals surface area contributed by atoms with Gasteiger partial charge in [-0.05, 0) is 78.0 Å². The Kier molecular flexibility index (Phi) is 26.6. The van der Waals surface area contributed by atoms with Crippen LogP contribution in [0.5, 0.6) is 5.75 Å². The van der Waals surface area contributed by atoms with Crippen molar-refractivity contribution in [1.82, 2.24) is 15.0 Å². The number of sulfone groups is 1. The van der Waals surface area contributed by atoms with Gasteiger partial charge in [-0.15, -0.1) is 14.6 Å². The summed E-state index contributed by atoms with van der Waals surface area (Å²) in [7, 11) is -14.2. The van der Waals surface area contributed by atoms with Gasteiger partial charge in [0.2, 0.25) is 17.2 Å². The van der Waals surface area contributed by atoms with E-state index in [0.29, 0.717) is 17.8 Å². The van der Waals surface area contributed by atoms with Gasteiger partial charge in [-0.3, -0.25) is 14.3 Å². The second-order valence-corrected chi connectivity index (χ2v) is 18.0. The van der Waals surface area contributed by atoms with Gasteiger partial charge in [0.1, 0.15) is 31.6 Å². The number of aryl methyl sites for hydroxylation is 1. The van der Waals surface area contributed by atoms with Crippen molar-refractivity contribution in [3.05, 3.63) is 77.6 Å². The van der Waals surface area contributed by atoms with Crippen molar-refractivity contribution in [3.8, 4) is 5.75 Å². The molecule has 0 amide bonds. The summed E-state index contributed by atoms with van der Waals surface area (Å²) in [6.07, 6.45) is 0. The third-order valence-corrected chi connectivity index (χ3v) is 12.2. The summed E-state index contributed by atoms with van der Waals surface area (Å²) >= 11 is 6.69. The monoisotopic (exact) mass is 1020 g/mol. The molecule has 316 valence electrons. The standard InChI is InChI=1S/C30H28ClN7O16S5.4Na/c1-17-13-25(59(47,48)49)22(16-24(17)58(44,45)46)36-37-26-23(55-53-51-40)15-18-14-19(7-8-21(18)27(26)39)32-29-33-28(31)34-30(35-29)38(20-5-3-2-4-6-20)9-11-57(42,43)12-10-50-56-54-52-41;;;;/h2-8,13-16,39-41H,9-12H2,1H3,(H,44,45,46)(H,47,48,49)(H,32,33,34,35);;;;/q;4*+1/p-4. The minimum Gasteiger partial charge on any atom is -0.744 e. The molecule has 0 aliphatic carbocycles. The molecule has 0 saturated heterocycles. The van der Waals surface area contributed by atoms with Crippen molar-refractivity contribution in [2.75, 3.05) is 34.9 Å². The fraction of sp³-hybridized carbons (Fsp3) is 0.167. The third kappa shape index (κ3) is 17.6. The van der Waals surface area contributed by atoms with Crippen LogP contribution in [0.25, 0.3) is 10.8 Å². The summed E-state index contributed by atoms with van der Waals surface area (Å²) in [6.45, 7) is 0.622. The molecule has 0 spiro atoms. The van der Waals surface area contributed by atoms with Crippen LogP contribution in [-0.2, 0) is 53.0 Å².